The first-order chi connectivity index (χ1) is 7.72. The Hall–Kier alpha value is -0.800. The lowest BCUT2D eigenvalue weighted by Crippen LogP contribution is -2.08. The smallest absolute Gasteiger partial charge is 0.125 e. The molecule has 2 rings (SSSR count). The van der Waals surface area contributed by atoms with Crippen LogP contribution in [0.2, 0.25) is 5.02 Å². The molecule has 0 radical (unpaired) electrons. The zero-order valence-corrected chi connectivity index (χ0v) is 9.86. The van der Waals surface area contributed by atoms with Crippen LogP contribution < -0.4 is 11.1 Å². The van der Waals surface area contributed by atoms with Crippen LogP contribution in [0.3, 0.4) is 0 Å². The summed E-state index contributed by atoms with van der Waals surface area (Å²) in [6.45, 7) is 1.51. The molecule has 1 heterocycles. The van der Waals surface area contributed by atoms with E-state index in [1.807, 2.05) is 0 Å². The lowest BCUT2D eigenvalue weighted by molar-refractivity contribution is 0.571. The van der Waals surface area contributed by atoms with Crippen LogP contribution in [-0.2, 0) is 0 Å². The van der Waals surface area contributed by atoms with Gasteiger partial charge in [0.25, 0.3) is 0 Å². The second-order valence-electron chi connectivity index (χ2n) is 4.20. The number of rotatable bonds is 2. The van der Waals surface area contributed by atoms with Crippen LogP contribution in [0.4, 0.5) is 10.1 Å². The molecule has 0 saturated carbocycles. The molecule has 0 aliphatic carbocycles. The molecule has 0 saturated heterocycles. The molecular weight excluding hydrogens is 227 g/mol. The highest BCUT2D eigenvalue weighted by atomic mass is 35.5. The van der Waals surface area contributed by atoms with Crippen molar-refractivity contribution in [2.45, 2.75) is 25.2 Å². The first-order valence-electron chi connectivity index (χ1n) is 5.65. The Morgan fingerprint density at radius 1 is 1.50 bits per heavy atom. The maximum absolute atomic E-state index is 13.4. The Morgan fingerprint density at radius 2 is 2.31 bits per heavy atom. The molecule has 1 aromatic carbocycles. The van der Waals surface area contributed by atoms with Crippen LogP contribution in [0.5, 0.6) is 0 Å². The van der Waals surface area contributed by atoms with Crippen LogP contribution in [0.25, 0.3) is 0 Å². The number of nitrogens with one attached hydrogen (secondary N) is 1. The Kier molecular flexibility index (Phi) is 3.66. The summed E-state index contributed by atoms with van der Waals surface area (Å²) in [5.74, 6) is 0.0534. The van der Waals surface area contributed by atoms with Gasteiger partial charge < -0.3 is 11.1 Å². The predicted octanol–water partition coefficient (Wildman–Crippen LogP) is 3.12. The Bertz CT molecular complexity index is 382. The Morgan fingerprint density at radius 3 is 3.06 bits per heavy atom. The Labute approximate surface area is 100.0 Å². The normalized spacial score (nSPS) is 19.8. The minimum Gasteiger partial charge on any atom is -0.384 e. The van der Waals surface area contributed by atoms with Crippen molar-refractivity contribution in [2.24, 2.45) is 5.73 Å². The minimum atomic E-state index is -0.269. The highest BCUT2D eigenvalue weighted by molar-refractivity contribution is 6.33. The van der Waals surface area contributed by atoms with E-state index in [1.54, 1.807) is 6.07 Å². The fraction of sp³-hybridized carbons (Fsp3) is 0.500. The van der Waals surface area contributed by atoms with E-state index in [9.17, 15) is 4.39 Å². The van der Waals surface area contributed by atoms with Gasteiger partial charge in [0.15, 0.2) is 0 Å². The van der Waals surface area contributed by atoms with E-state index >= 15 is 0 Å². The molecule has 0 bridgehead atoms. The third-order valence-electron chi connectivity index (χ3n) is 3.07. The van der Waals surface area contributed by atoms with Gasteiger partial charge in [-0.25, -0.2) is 4.39 Å². The number of nitrogens with two attached hydrogens (primary N) is 1. The molecule has 0 fully saturated rings. The maximum atomic E-state index is 13.4. The van der Waals surface area contributed by atoms with Crippen molar-refractivity contribution in [3.63, 3.8) is 0 Å². The molecule has 1 aromatic rings. The third-order valence-corrected chi connectivity index (χ3v) is 3.37. The van der Waals surface area contributed by atoms with E-state index < -0.39 is 0 Å². The molecule has 0 aromatic heterocycles. The molecule has 16 heavy (non-hydrogen) atoms. The van der Waals surface area contributed by atoms with E-state index in [1.165, 1.54) is 6.07 Å². The number of halogens is 2. The summed E-state index contributed by atoms with van der Waals surface area (Å²) in [6.07, 6.45) is 2.99. The monoisotopic (exact) mass is 242 g/mol. The number of fused-ring (bicyclic) bond motifs is 1. The van der Waals surface area contributed by atoms with E-state index in [-0.39, 0.29) is 5.82 Å². The van der Waals surface area contributed by atoms with Gasteiger partial charge in [0.1, 0.15) is 5.82 Å². The molecule has 4 heteroatoms. The van der Waals surface area contributed by atoms with E-state index in [2.05, 4.69) is 5.32 Å². The van der Waals surface area contributed by atoms with Crippen molar-refractivity contribution in [2.75, 3.05) is 18.4 Å². The average Bonchev–Trinajstić information content (AvgIpc) is 2.42. The fourth-order valence-corrected chi connectivity index (χ4v) is 2.60. The van der Waals surface area contributed by atoms with Crippen LogP contribution in [-0.4, -0.2) is 13.1 Å². The van der Waals surface area contributed by atoms with Crippen molar-refractivity contribution in [3.8, 4) is 0 Å². The second kappa shape index (κ2) is 5.02. The van der Waals surface area contributed by atoms with Gasteiger partial charge >= 0.3 is 0 Å². The molecule has 1 aliphatic heterocycles. The topological polar surface area (TPSA) is 38.0 Å². The van der Waals surface area contributed by atoms with Gasteiger partial charge in [-0.2, -0.15) is 0 Å². The lowest BCUT2D eigenvalue weighted by atomic mass is 9.91. The Balaban J connectivity index is 2.43. The molecule has 2 nitrogen and oxygen atoms in total. The summed E-state index contributed by atoms with van der Waals surface area (Å²) in [5, 5.41) is 3.74. The fourth-order valence-electron chi connectivity index (χ4n) is 2.32. The molecule has 1 aliphatic rings. The van der Waals surface area contributed by atoms with Gasteiger partial charge in [-0.3, -0.25) is 0 Å². The molecule has 1 atom stereocenters. The zero-order chi connectivity index (χ0) is 11.5. The van der Waals surface area contributed by atoms with Crippen LogP contribution in [0.1, 0.15) is 30.7 Å². The zero-order valence-electron chi connectivity index (χ0n) is 9.10. The van der Waals surface area contributed by atoms with Crippen LogP contribution in [0, 0.1) is 5.82 Å². The quantitative estimate of drug-likeness (QED) is 0.836. The number of benzene rings is 1. The highest BCUT2D eigenvalue weighted by Crippen LogP contribution is 2.38. The highest BCUT2D eigenvalue weighted by Gasteiger charge is 2.20. The number of hydrogen-bond donors (Lipinski definition) is 2. The average molecular weight is 243 g/mol. The summed E-state index contributed by atoms with van der Waals surface area (Å²) < 4.78 is 13.4. The maximum Gasteiger partial charge on any atom is 0.125 e. The third kappa shape index (κ3) is 2.30. The molecule has 0 amide bonds. The van der Waals surface area contributed by atoms with E-state index in [0.29, 0.717) is 17.5 Å². The number of anilines is 1. The summed E-state index contributed by atoms with van der Waals surface area (Å²) in [4.78, 5) is 0. The molecule has 88 valence electrons. The van der Waals surface area contributed by atoms with Crippen LogP contribution in [0.15, 0.2) is 12.1 Å². The minimum absolute atomic E-state index is 0.269. The van der Waals surface area contributed by atoms with Crippen LogP contribution >= 0.6 is 11.6 Å². The standard InChI is InChI=1S/C12H16ClFN2/c13-11-7-9(14)6-10-8(3-4-15)2-1-5-16-12(10)11/h6-8,16H,1-5,15H2. The number of hydrogen-bond acceptors (Lipinski definition) is 2. The van der Waals surface area contributed by atoms with Gasteiger partial charge in [0.05, 0.1) is 10.7 Å². The summed E-state index contributed by atoms with van der Waals surface area (Å²) >= 11 is 6.05. The van der Waals surface area contributed by atoms with E-state index in [4.69, 9.17) is 17.3 Å². The largest absolute Gasteiger partial charge is 0.384 e. The van der Waals surface area contributed by atoms with E-state index in [0.717, 1.165) is 37.1 Å². The SMILES string of the molecule is NCCC1CCCNc2c(Cl)cc(F)cc21. The summed E-state index contributed by atoms with van der Waals surface area (Å²) in [6, 6.07) is 2.94. The predicted molar refractivity (Wildman–Crippen MR) is 65.5 cm³/mol. The van der Waals surface area contributed by atoms with Gasteiger partial charge in [0, 0.05) is 6.54 Å². The lowest BCUT2D eigenvalue weighted by Gasteiger charge is -2.17. The van der Waals surface area contributed by atoms with Crippen molar-refractivity contribution < 1.29 is 4.39 Å². The van der Waals surface area contributed by atoms with Crippen molar-refractivity contribution in [1.82, 2.24) is 0 Å². The van der Waals surface area contributed by atoms with Crippen molar-refractivity contribution in [1.29, 1.82) is 0 Å². The van der Waals surface area contributed by atoms with Gasteiger partial charge in [-0.05, 0) is 49.4 Å². The van der Waals surface area contributed by atoms with Gasteiger partial charge in [-0.1, -0.05) is 11.6 Å². The van der Waals surface area contributed by atoms with Gasteiger partial charge in [-0.15, -0.1) is 0 Å². The molecule has 0 spiro atoms. The van der Waals surface area contributed by atoms with Crippen molar-refractivity contribution in [3.05, 3.63) is 28.5 Å². The second-order valence-corrected chi connectivity index (χ2v) is 4.60. The summed E-state index contributed by atoms with van der Waals surface area (Å²) in [7, 11) is 0. The molecule has 3 N–H and O–H groups in total. The summed E-state index contributed by atoms with van der Waals surface area (Å²) in [5.41, 5.74) is 7.46. The molecule has 1 unspecified atom stereocenters. The first kappa shape index (κ1) is 11.7. The molecular formula is C12H16ClFN2. The van der Waals surface area contributed by atoms with Crippen molar-refractivity contribution >= 4 is 17.3 Å². The first-order valence-corrected chi connectivity index (χ1v) is 6.03. The van der Waals surface area contributed by atoms with Gasteiger partial charge in [0.2, 0.25) is 0 Å².